The molecule has 0 bridgehead atoms. The van der Waals surface area contributed by atoms with E-state index in [1.54, 1.807) is 12.1 Å². The number of hydrogen-bond donors (Lipinski definition) is 5. The number of halogens is 2. The number of carbonyl (C=O) groups is 1. The van der Waals surface area contributed by atoms with E-state index in [-0.39, 0.29) is 28.7 Å². The van der Waals surface area contributed by atoms with E-state index in [0.717, 1.165) is 0 Å². The first-order chi connectivity index (χ1) is 12.0. The van der Waals surface area contributed by atoms with Gasteiger partial charge in [0.05, 0.1) is 0 Å². The predicted molar refractivity (Wildman–Crippen MR) is 102 cm³/mol. The number of phenols is 1. The number of phenolic OH excluding ortho intramolecular Hbond substituents is 1. The van der Waals surface area contributed by atoms with Crippen molar-refractivity contribution in [2.45, 2.75) is 18.6 Å². The molecule has 0 fully saturated rings. The Kier molecular flexibility index (Phi) is 7.83. The molecule has 0 amide bonds. The summed E-state index contributed by atoms with van der Waals surface area (Å²) in [5.41, 5.74) is 6.44. The second-order valence-corrected chi connectivity index (χ2v) is 8.15. The number of nitrogens with two attached hydrogens (primary N) is 1. The van der Waals surface area contributed by atoms with Crippen molar-refractivity contribution in [1.82, 2.24) is 6.15 Å². The zero-order valence-electron chi connectivity index (χ0n) is 14.2. The molecule has 0 heterocycles. The summed E-state index contributed by atoms with van der Waals surface area (Å²) in [5.74, 6) is -1.72. The summed E-state index contributed by atoms with van der Waals surface area (Å²) < 4.78 is 11.3. The van der Waals surface area contributed by atoms with Gasteiger partial charge in [0.1, 0.15) is 19.4 Å². The number of aromatic hydroxyl groups is 1. The molecule has 2 aromatic rings. The maximum Gasteiger partial charge on any atom is 0.320 e. The quantitative estimate of drug-likeness (QED) is 0.431. The molecule has 2 aromatic carbocycles. The predicted octanol–water partition coefficient (Wildman–Crippen LogP) is 2.74. The smallest absolute Gasteiger partial charge is 0.320 e. The first-order valence-corrected chi connectivity index (χ1v) is 9.81. The van der Waals surface area contributed by atoms with E-state index < -0.39 is 31.5 Å². The fourth-order valence-electron chi connectivity index (χ4n) is 2.45. The van der Waals surface area contributed by atoms with Crippen LogP contribution in [0.25, 0.3) is 11.1 Å². The zero-order valence-corrected chi connectivity index (χ0v) is 16.6. The van der Waals surface area contributed by atoms with Crippen molar-refractivity contribution in [3.05, 3.63) is 51.5 Å². The highest BCUT2D eigenvalue weighted by Gasteiger charge is 2.20. The molecule has 8 nitrogen and oxygen atoms in total. The van der Waals surface area contributed by atoms with Crippen LogP contribution in [0.2, 0.25) is 10.0 Å². The topological polar surface area (TPSA) is 180 Å². The number of rotatable bonds is 6. The number of aliphatic carboxylic acids is 1. The first kappa shape index (κ1) is 23.4. The maximum atomic E-state index is 11.3. The Bertz CT molecular complexity index is 903. The molecule has 0 radical (unpaired) electrons. The van der Waals surface area contributed by atoms with Gasteiger partial charge in [0.2, 0.25) is 0 Å². The van der Waals surface area contributed by atoms with Crippen LogP contribution < -0.4 is 16.8 Å². The van der Waals surface area contributed by atoms with Gasteiger partial charge in [0.25, 0.3) is 0 Å². The van der Waals surface area contributed by atoms with Gasteiger partial charge in [-0.2, -0.15) is 0 Å². The highest BCUT2D eigenvalue weighted by molar-refractivity contribution is 7.49. The van der Waals surface area contributed by atoms with E-state index in [4.69, 9.17) is 38.9 Å². The normalized spacial score (nSPS) is 14.1. The van der Waals surface area contributed by atoms with Gasteiger partial charge < -0.3 is 36.4 Å². The third-order valence-corrected chi connectivity index (χ3v) is 4.93. The van der Waals surface area contributed by atoms with E-state index in [1.165, 1.54) is 18.2 Å². The summed E-state index contributed by atoms with van der Waals surface area (Å²) in [6.45, 7) is 0. The highest BCUT2D eigenvalue weighted by Crippen LogP contribution is 2.41. The number of carboxylic acid groups (broad SMARTS) is 1. The molecule has 2 atom stereocenters. The molecule has 0 saturated carbocycles. The maximum absolute atomic E-state index is 11.3. The third-order valence-electron chi connectivity index (χ3n) is 3.64. The van der Waals surface area contributed by atoms with Crippen molar-refractivity contribution in [2.75, 3.05) is 0 Å². The Morgan fingerprint density at radius 3 is 2.33 bits per heavy atom. The van der Waals surface area contributed by atoms with Crippen LogP contribution >= 0.6 is 30.8 Å². The Morgan fingerprint density at radius 2 is 1.81 bits per heavy atom. The lowest BCUT2D eigenvalue weighted by Gasteiger charge is -2.20. The van der Waals surface area contributed by atoms with E-state index in [2.05, 4.69) is 0 Å². The molecule has 0 spiro atoms. The van der Waals surface area contributed by atoms with Crippen LogP contribution in [0.3, 0.4) is 0 Å². The molecule has 9 N–H and O–H groups in total. The number of hydrogen-bond acceptors (Lipinski definition) is 5. The fourth-order valence-corrected chi connectivity index (χ4v) is 3.64. The van der Waals surface area contributed by atoms with Crippen LogP contribution in [0.4, 0.5) is 0 Å². The summed E-state index contributed by atoms with van der Waals surface area (Å²) in [6.07, 6.45) is -1.07. The second-order valence-electron chi connectivity index (χ2n) is 5.71. The minimum absolute atomic E-state index is 0. The highest BCUT2D eigenvalue weighted by atomic mass is 35.5. The summed E-state index contributed by atoms with van der Waals surface area (Å²) in [7, 11) is -4.73. The van der Waals surface area contributed by atoms with Gasteiger partial charge >= 0.3 is 5.97 Å². The van der Waals surface area contributed by atoms with E-state index in [9.17, 15) is 19.4 Å². The van der Waals surface area contributed by atoms with Gasteiger partial charge in [0, 0.05) is 33.8 Å². The second kappa shape index (κ2) is 9.03. The van der Waals surface area contributed by atoms with Gasteiger partial charge in [-0.05, 0) is 35.4 Å². The Morgan fingerprint density at radius 1 is 1.22 bits per heavy atom. The average Bonchev–Trinajstić information content (AvgIpc) is 2.49. The molecule has 0 saturated heterocycles. The summed E-state index contributed by atoms with van der Waals surface area (Å²) in [6, 6.07) is 6.15. The molecule has 27 heavy (non-hydrogen) atoms. The van der Waals surface area contributed by atoms with Crippen molar-refractivity contribution in [3.63, 3.8) is 0 Å². The third kappa shape index (κ3) is 6.19. The van der Waals surface area contributed by atoms with Crippen molar-refractivity contribution in [2.24, 2.45) is 5.73 Å². The number of quaternary nitrogens is 1. The molecular formula is C16H19Cl2N2O6P. The van der Waals surface area contributed by atoms with Gasteiger partial charge in [-0.3, -0.25) is 4.79 Å². The number of carboxylic acids is 1. The largest absolute Gasteiger partial charge is 0.778 e. The molecule has 2 rings (SSSR count). The Hall–Kier alpha value is -1.64. The Balaban J connectivity index is 0.00000364. The summed E-state index contributed by atoms with van der Waals surface area (Å²) in [5, 5.41) is 19.9. The lowest BCUT2D eigenvalue weighted by molar-refractivity contribution is -0.194. The molecule has 0 aliphatic rings. The zero-order chi connectivity index (χ0) is 19.6. The van der Waals surface area contributed by atoms with Crippen molar-refractivity contribution in [3.8, 4) is 16.9 Å². The van der Waals surface area contributed by atoms with Crippen molar-refractivity contribution >= 4 is 36.8 Å². The number of benzene rings is 2. The molecule has 0 aliphatic heterocycles. The lowest BCUT2D eigenvalue weighted by Crippen LogP contribution is -2.32. The van der Waals surface area contributed by atoms with E-state index >= 15 is 0 Å². The van der Waals surface area contributed by atoms with Gasteiger partial charge in [-0.15, -0.1) is 0 Å². The molecule has 0 aliphatic carbocycles. The van der Waals surface area contributed by atoms with Crippen molar-refractivity contribution in [1.29, 1.82) is 0 Å². The van der Waals surface area contributed by atoms with Gasteiger partial charge in [-0.1, -0.05) is 29.3 Å². The Labute approximate surface area is 165 Å². The van der Waals surface area contributed by atoms with Crippen LogP contribution in [0.15, 0.2) is 30.3 Å². The molecule has 0 aromatic heterocycles. The van der Waals surface area contributed by atoms with Crippen LogP contribution in [0.1, 0.15) is 11.1 Å². The molecular weight excluding hydrogens is 418 g/mol. The summed E-state index contributed by atoms with van der Waals surface area (Å²) in [4.78, 5) is 31.4. The first-order valence-electron chi connectivity index (χ1n) is 7.29. The summed E-state index contributed by atoms with van der Waals surface area (Å²) >= 11 is 12.0. The minimum Gasteiger partial charge on any atom is -0.778 e. The fraction of sp³-hybridized carbons (Fsp3) is 0.188. The van der Waals surface area contributed by atoms with Crippen LogP contribution in [-0.4, -0.2) is 27.1 Å². The van der Waals surface area contributed by atoms with Gasteiger partial charge in [0.15, 0.2) is 0 Å². The molecule has 11 heteroatoms. The van der Waals surface area contributed by atoms with Crippen LogP contribution in [0.5, 0.6) is 5.75 Å². The molecule has 1 unspecified atom stereocenters. The van der Waals surface area contributed by atoms with Crippen molar-refractivity contribution < 1.29 is 29.4 Å². The lowest BCUT2D eigenvalue weighted by atomic mass is 9.96. The van der Waals surface area contributed by atoms with Gasteiger partial charge in [-0.25, -0.2) is 0 Å². The van der Waals surface area contributed by atoms with E-state index in [1.807, 2.05) is 0 Å². The standard InChI is InChI=1S/C16H16Cl2NO6P.H3N/c17-11-1-2-12(13(18)6-11)8-3-9(5-14(19)16(21)22)15(20)10(4-8)7-26(23,24)25;/h1-4,6,14,20H,5,7,19H2,(H,21,22)(H2,23,24,25);1H3/t14-;/m0./s1. The van der Waals surface area contributed by atoms with Crippen LogP contribution in [-0.2, 0) is 21.9 Å². The minimum atomic E-state index is -4.73. The SMILES string of the molecule is N[C@@H](Cc1cc(-c2ccc(Cl)cc2Cl)cc(CP(=O)([O-])O)c1O)C(=O)O.[NH4+]. The molecule has 148 valence electrons. The van der Waals surface area contributed by atoms with E-state index in [0.29, 0.717) is 16.1 Å². The van der Waals surface area contributed by atoms with Crippen LogP contribution in [0, 0.1) is 0 Å². The monoisotopic (exact) mass is 436 g/mol. The average molecular weight is 437 g/mol.